The molecule has 2 saturated heterocycles. The van der Waals surface area contributed by atoms with Gasteiger partial charge in [0.15, 0.2) is 0 Å². The molecule has 2 aliphatic rings. The molecule has 0 bridgehead atoms. The summed E-state index contributed by atoms with van der Waals surface area (Å²) in [7, 11) is 0. The van der Waals surface area contributed by atoms with Gasteiger partial charge in [0.05, 0.1) is 18.2 Å². The van der Waals surface area contributed by atoms with E-state index < -0.39 is 0 Å². The van der Waals surface area contributed by atoms with E-state index in [1.807, 2.05) is 36.7 Å². The third-order valence-electron chi connectivity index (χ3n) is 6.20. The molecule has 154 valence electrons. The first-order valence-corrected chi connectivity index (χ1v) is 10.8. The molecule has 1 amide bonds. The molecule has 4 heterocycles. The Morgan fingerprint density at radius 1 is 1.07 bits per heavy atom. The number of aromatic nitrogens is 2. The average Bonchev–Trinajstić information content (AvgIpc) is 2.79. The summed E-state index contributed by atoms with van der Waals surface area (Å²) in [5.74, 6) is 0.273. The topological polar surface area (TPSA) is 61.4 Å². The Labute approximate surface area is 173 Å². The number of pyridine rings is 2. The van der Waals surface area contributed by atoms with Gasteiger partial charge in [-0.1, -0.05) is 12.1 Å². The summed E-state index contributed by atoms with van der Waals surface area (Å²) >= 11 is 0. The highest BCUT2D eigenvalue weighted by molar-refractivity contribution is 5.78. The van der Waals surface area contributed by atoms with Crippen LogP contribution in [0.1, 0.15) is 36.9 Å². The second-order valence-electron chi connectivity index (χ2n) is 8.24. The quantitative estimate of drug-likeness (QED) is 0.817. The maximum Gasteiger partial charge on any atom is 0.224 e. The van der Waals surface area contributed by atoms with Gasteiger partial charge in [0.2, 0.25) is 5.91 Å². The smallest absolute Gasteiger partial charge is 0.224 e. The SMILES string of the molecule is O=C(NCc1ccccn1)[C@@H]1CCCN(C2CCN(Cc3cccnc3)CC2)C1. The molecule has 29 heavy (non-hydrogen) atoms. The molecule has 6 nitrogen and oxygen atoms in total. The van der Waals surface area contributed by atoms with Crippen molar-refractivity contribution in [2.24, 2.45) is 5.92 Å². The molecule has 2 aromatic rings. The molecule has 1 atom stereocenters. The van der Waals surface area contributed by atoms with Gasteiger partial charge in [0, 0.05) is 37.7 Å². The number of hydrogen-bond donors (Lipinski definition) is 1. The summed E-state index contributed by atoms with van der Waals surface area (Å²) in [6.45, 7) is 5.75. The van der Waals surface area contributed by atoms with Gasteiger partial charge >= 0.3 is 0 Å². The first kappa shape index (κ1) is 20.0. The summed E-state index contributed by atoms with van der Waals surface area (Å²) in [6, 6.07) is 10.6. The van der Waals surface area contributed by atoms with Crippen molar-refractivity contribution in [3.63, 3.8) is 0 Å². The molecule has 2 aromatic heterocycles. The fourth-order valence-electron chi connectivity index (χ4n) is 4.57. The van der Waals surface area contributed by atoms with Gasteiger partial charge < -0.3 is 5.32 Å². The monoisotopic (exact) mass is 393 g/mol. The third kappa shape index (κ3) is 5.61. The molecule has 0 unspecified atom stereocenters. The second kappa shape index (κ2) is 9.94. The lowest BCUT2D eigenvalue weighted by Crippen LogP contribution is -2.50. The predicted molar refractivity (Wildman–Crippen MR) is 113 cm³/mol. The van der Waals surface area contributed by atoms with Crippen LogP contribution in [-0.4, -0.2) is 57.9 Å². The molecule has 0 aliphatic carbocycles. The summed E-state index contributed by atoms with van der Waals surface area (Å²) in [6.07, 6.45) is 10.0. The van der Waals surface area contributed by atoms with Crippen LogP contribution in [0.15, 0.2) is 48.9 Å². The number of amides is 1. The Morgan fingerprint density at radius 2 is 1.97 bits per heavy atom. The van der Waals surface area contributed by atoms with Gasteiger partial charge in [-0.05, 0) is 69.1 Å². The van der Waals surface area contributed by atoms with Crippen LogP contribution in [0, 0.1) is 5.92 Å². The number of likely N-dealkylation sites (tertiary alicyclic amines) is 2. The first-order valence-electron chi connectivity index (χ1n) is 10.8. The molecule has 6 heteroatoms. The van der Waals surface area contributed by atoms with E-state index in [2.05, 4.69) is 31.2 Å². The zero-order valence-electron chi connectivity index (χ0n) is 17.0. The van der Waals surface area contributed by atoms with Crippen LogP contribution in [0.2, 0.25) is 0 Å². The highest BCUT2D eigenvalue weighted by atomic mass is 16.1. The lowest BCUT2D eigenvalue weighted by molar-refractivity contribution is -0.127. The van der Waals surface area contributed by atoms with Crippen molar-refractivity contribution in [1.29, 1.82) is 0 Å². The van der Waals surface area contributed by atoms with E-state index in [4.69, 9.17) is 0 Å². The number of nitrogens with zero attached hydrogens (tertiary/aromatic N) is 4. The lowest BCUT2D eigenvalue weighted by atomic mass is 9.93. The maximum atomic E-state index is 12.7. The van der Waals surface area contributed by atoms with Gasteiger partial charge in [0.1, 0.15) is 0 Å². The van der Waals surface area contributed by atoms with Crippen molar-refractivity contribution in [3.8, 4) is 0 Å². The molecule has 0 aromatic carbocycles. The van der Waals surface area contributed by atoms with Gasteiger partial charge in [-0.3, -0.25) is 24.6 Å². The highest BCUT2D eigenvalue weighted by Gasteiger charge is 2.31. The summed E-state index contributed by atoms with van der Waals surface area (Å²) < 4.78 is 0. The van der Waals surface area contributed by atoms with Crippen LogP contribution >= 0.6 is 0 Å². The molecule has 2 fully saturated rings. The Balaban J connectivity index is 1.23. The summed E-state index contributed by atoms with van der Waals surface area (Å²) in [5.41, 5.74) is 2.20. The van der Waals surface area contributed by atoms with Gasteiger partial charge in [-0.25, -0.2) is 0 Å². The van der Waals surface area contributed by atoms with Crippen molar-refractivity contribution in [1.82, 2.24) is 25.1 Å². The van der Waals surface area contributed by atoms with E-state index in [-0.39, 0.29) is 11.8 Å². The van der Waals surface area contributed by atoms with Crippen LogP contribution in [0.3, 0.4) is 0 Å². The number of nitrogens with one attached hydrogen (secondary N) is 1. The Hall–Kier alpha value is -2.31. The van der Waals surface area contributed by atoms with Crippen molar-refractivity contribution < 1.29 is 4.79 Å². The van der Waals surface area contributed by atoms with Crippen molar-refractivity contribution in [2.75, 3.05) is 26.2 Å². The van der Waals surface area contributed by atoms with Gasteiger partial charge in [-0.15, -0.1) is 0 Å². The largest absolute Gasteiger partial charge is 0.350 e. The van der Waals surface area contributed by atoms with E-state index >= 15 is 0 Å². The number of hydrogen-bond acceptors (Lipinski definition) is 5. The molecule has 1 N–H and O–H groups in total. The summed E-state index contributed by atoms with van der Waals surface area (Å²) in [5, 5.41) is 3.08. The number of piperidine rings is 2. The zero-order valence-corrected chi connectivity index (χ0v) is 17.0. The molecular weight excluding hydrogens is 362 g/mol. The minimum atomic E-state index is 0.0980. The molecule has 0 radical (unpaired) electrons. The average molecular weight is 394 g/mol. The fraction of sp³-hybridized carbons (Fsp3) is 0.522. The van der Waals surface area contributed by atoms with Crippen molar-refractivity contribution >= 4 is 5.91 Å². The van der Waals surface area contributed by atoms with E-state index in [0.29, 0.717) is 12.6 Å². The Bertz CT molecular complexity index is 761. The van der Waals surface area contributed by atoms with Crippen molar-refractivity contribution in [2.45, 2.75) is 44.8 Å². The lowest BCUT2D eigenvalue weighted by Gasteiger charge is -2.42. The fourth-order valence-corrected chi connectivity index (χ4v) is 4.57. The Kier molecular flexibility index (Phi) is 6.85. The highest BCUT2D eigenvalue weighted by Crippen LogP contribution is 2.24. The first-order chi connectivity index (χ1) is 14.3. The standard InChI is InChI=1S/C23H31N5O/c29-23(26-16-21-7-1-2-11-25-21)20-6-4-12-28(18-20)22-8-13-27(14-9-22)17-19-5-3-10-24-15-19/h1-3,5,7,10-11,15,20,22H,4,6,8-9,12-14,16-18H2,(H,26,29)/t20-/m1/s1. The maximum absolute atomic E-state index is 12.7. The van der Waals surface area contributed by atoms with Crippen LogP contribution < -0.4 is 5.32 Å². The second-order valence-corrected chi connectivity index (χ2v) is 8.24. The van der Waals surface area contributed by atoms with Crippen LogP contribution in [-0.2, 0) is 17.9 Å². The van der Waals surface area contributed by atoms with E-state index in [1.165, 1.54) is 18.4 Å². The normalized spacial score (nSPS) is 21.7. The molecule has 0 saturated carbocycles. The summed E-state index contributed by atoms with van der Waals surface area (Å²) in [4.78, 5) is 26.3. The minimum Gasteiger partial charge on any atom is -0.350 e. The van der Waals surface area contributed by atoms with E-state index in [1.54, 1.807) is 6.20 Å². The zero-order chi connectivity index (χ0) is 19.9. The van der Waals surface area contributed by atoms with E-state index in [0.717, 1.165) is 51.3 Å². The molecule has 4 rings (SSSR count). The molecule has 2 aliphatic heterocycles. The van der Waals surface area contributed by atoms with Gasteiger partial charge in [-0.2, -0.15) is 0 Å². The Morgan fingerprint density at radius 3 is 2.72 bits per heavy atom. The number of rotatable bonds is 6. The van der Waals surface area contributed by atoms with Crippen LogP contribution in [0.25, 0.3) is 0 Å². The van der Waals surface area contributed by atoms with E-state index in [9.17, 15) is 4.79 Å². The number of carbonyl (C=O) groups is 1. The van der Waals surface area contributed by atoms with Crippen molar-refractivity contribution in [3.05, 3.63) is 60.2 Å². The molecule has 0 spiro atoms. The predicted octanol–water partition coefficient (Wildman–Crippen LogP) is 2.47. The number of carbonyl (C=O) groups excluding carboxylic acids is 1. The van der Waals surface area contributed by atoms with Crippen LogP contribution in [0.4, 0.5) is 0 Å². The third-order valence-corrected chi connectivity index (χ3v) is 6.20. The van der Waals surface area contributed by atoms with Crippen LogP contribution in [0.5, 0.6) is 0 Å². The molecular formula is C23H31N5O. The minimum absolute atomic E-state index is 0.0980. The van der Waals surface area contributed by atoms with Gasteiger partial charge in [0.25, 0.3) is 0 Å².